The predicted molar refractivity (Wildman–Crippen MR) is 114 cm³/mol. The van der Waals surface area contributed by atoms with E-state index in [0.29, 0.717) is 11.7 Å². The zero-order valence-corrected chi connectivity index (χ0v) is 17.0. The third-order valence-corrected chi connectivity index (χ3v) is 5.18. The number of carbonyl (C=O) groups is 1. The number of hydrogen-bond acceptors (Lipinski definition) is 6. The summed E-state index contributed by atoms with van der Waals surface area (Å²) < 4.78 is 5.33. The minimum atomic E-state index is -0.328. The molecule has 7 heteroatoms. The largest absolute Gasteiger partial charge is 0.496 e. The van der Waals surface area contributed by atoms with E-state index in [1.54, 1.807) is 7.11 Å². The van der Waals surface area contributed by atoms with Gasteiger partial charge in [0.15, 0.2) is 5.16 Å². The maximum atomic E-state index is 12.6. The Kier molecular flexibility index (Phi) is 6.71. The summed E-state index contributed by atoms with van der Waals surface area (Å²) in [5.41, 5.74) is 1.80. The molecule has 0 aliphatic carbocycles. The number of carbonyl (C=O) groups excluding carboxylic acids is 1. The van der Waals surface area contributed by atoms with E-state index in [1.165, 1.54) is 11.8 Å². The van der Waals surface area contributed by atoms with Gasteiger partial charge in [0.2, 0.25) is 5.91 Å². The monoisotopic (exact) mass is 396 g/mol. The predicted octanol–water partition coefficient (Wildman–Crippen LogP) is 3.87. The molecule has 2 aromatic carbocycles. The van der Waals surface area contributed by atoms with Gasteiger partial charge in [-0.15, -0.1) is 0 Å². The number of thioether (sulfide) groups is 1. The quantitative estimate of drug-likeness (QED) is 0.445. The van der Waals surface area contributed by atoms with E-state index in [9.17, 15) is 4.79 Å². The summed E-state index contributed by atoms with van der Waals surface area (Å²) in [6.07, 6.45) is 0. The van der Waals surface area contributed by atoms with E-state index in [-0.39, 0.29) is 11.2 Å². The Morgan fingerprint density at radius 2 is 1.89 bits per heavy atom. The molecular weight excluding hydrogens is 372 g/mol. The van der Waals surface area contributed by atoms with Crippen molar-refractivity contribution in [2.45, 2.75) is 30.8 Å². The summed E-state index contributed by atoms with van der Waals surface area (Å²) in [4.78, 5) is 21.7. The number of ether oxygens (including phenoxy) is 1. The normalized spacial score (nSPS) is 11.8. The maximum absolute atomic E-state index is 12.6. The van der Waals surface area contributed by atoms with Crippen molar-refractivity contribution in [3.8, 4) is 5.75 Å². The summed E-state index contributed by atoms with van der Waals surface area (Å²) in [5, 5.41) is 7.46. The topological polar surface area (TPSA) is 76.1 Å². The van der Waals surface area contributed by atoms with Gasteiger partial charge in [0.25, 0.3) is 0 Å². The third-order valence-electron chi connectivity index (χ3n) is 4.22. The van der Waals surface area contributed by atoms with E-state index in [1.807, 2.05) is 62.4 Å². The van der Waals surface area contributed by atoms with E-state index >= 15 is 0 Å². The van der Waals surface area contributed by atoms with Crippen molar-refractivity contribution in [3.05, 3.63) is 54.1 Å². The second kappa shape index (κ2) is 9.41. The van der Waals surface area contributed by atoms with Gasteiger partial charge >= 0.3 is 0 Å². The molecule has 6 nitrogen and oxygen atoms in total. The molecule has 1 heterocycles. The first kappa shape index (κ1) is 19.9. The molecule has 0 spiro atoms. The zero-order chi connectivity index (χ0) is 19.9. The number of benzene rings is 2. The SMILES string of the molecule is CCNc1nc(SC(C)C(=O)NCc2ccccc2OC)nc2ccccc12. The zero-order valence-electron chi connectivity index (χ0n) is 16.2. The van der Waals surface area contributed by atoms with Gasteiger partial charge in [-0.05, 0) is 32.0 Å². The molecule has 0 saturated heterocycles. The highest BCUT2D eigenvalue weighted by atomic mass is 32.2. The van der Waals surface area contributed by atoms with Gasteiger partial charge in [0.1, 0.15) is 11.6 Å². The molecule has 0 aliphatic rings. The van der Waals surface area contributed by atoms with Gasteiger partial charge in [-0.1, -0.05) is 42.1 Å². The summed E-state index contributed by atoms with van der Waals surface area (Å²) in [7, 11) is 1.62. The molecule has 0 fully saturated rings. The number of nitrogens with zero attached hydrogens (tertiary/aromatic N) is 2. The van der Waals surface area contributed by atoms with Crippen LogP contribution in [0.5, 0.6) is 5.75 Å². The van der Waals surface area contributed by atoms with Gasteiger partial charge in [-0.3, -0.25) is 4.79 Å². The van der Waals surface area contributed by atoms with Crippen molar-refractivity contribution in [2.24, 2.45) is 0 Å². The van der Waals surface area contributed by atoms with Crippen LogP contribution >= 0.6 is 11.8 Å². The van der Waals surface area contributed by atoms with Crippen molar-refractivity contribution in [1.29, 1.82) is 0 Å². The Bertz CT molecular complexity index is 964. The molecule has 1 aromatic heterocycles. The van der Waals surface area contributed by atoms with Crippen LogP contribution in [0.1, 0.15) is 19.4 Å². The molecular formula is C21H24N4O2S. The second-order valence-electron chi connectivity index (χ2n) is 6.19. The van der Waals surface area contributed by atoms with Crippen LogP contribution in [-0.2, 0) is 11.3 Å². The Labute approximate surface area is 169 Å². The molecule has 28 heavy (non-hydrogen) atoms. The Hall–Kier alpha value is -2.80. The van der Waals surface area contributed by atoms with Crippen LogP contribution in [0, 0.1) is 0 Å². The maximum Gasteiger partial charge on any atom is 0.233 e. The average molecular weight is 397 g/mol. The second-order valence-corrected chi connectivity index (χ2v) is 7.50. The number of fused-ring (bicyclic) bond motifs is 1. The fraction of sp³-hybridized carbons (Fsp3) is 0.286. The number of anilines is 1. The minimum absolute atomic E-state index is 0.0716. The van der Waals surface area contributed by atoms with Crippen molar-refractivity contribution >= 4 is 34.4 Å². The lowest BCUT2D eigenvalue weighted by molar-refractivity contribution is -0.120. The molecule has 1 unspecified atom stereocenters. The molecule has 3 rings (SSSR count). The number of para-hydroxylation sites is 2. The van der Waals surface area contributed by atoms with E-state index in [2.05, 4.69) is 20.6 Å². The van der Waals surface area contributed by atoms with E-state index in [0.717, 1.165) is 34.6 Å². The molecule has 0 aliphatic heterocycles. The summed E-state index contributed by atoms with van der Waals surface area (Å²) in [6.45, 7) is 5.06. The van der Waals surface area contributed by atoms with E-state index < -0.39 is 0 Å². The standard InChI is InChI=1S/C21H24N4O2S/c1-4-22-19-16-10-6-7-11-17(16)24-21(25-19)28-14(2)20(26)23-13-15-9-5-8-12-18(15)27-3/h5-12,14H,4,13H2,1-3H3,(H,23,26)(H,22,24,25). The summed E-state index contributed by atoms with van der Waals surface area (Å²) in [5.74, 6) is 1.48. The number of amides is 1. The lowest BCUT2D eigenvalue weighted by Gasteiger charge is -2.14. The highest BCUT2D eigenvalue weighted by Gasteiger charge is 2.17. The first-order chi connectivity index (χ1) is 13.6. The van der Waals surface area contributed by atoms with Gasteiger partial charge in [0, 0.05) is 24.0 Å². The number of aromatic nitrogens is 2. The van der Waals surface area contributed by atoms with Crippen molar-refractivity contribution in [3.63, 3.8) is 0 Å². The van der Waals surface area contributed by atoms with Crippen LogP contribution < -0.4 is 15.4 Å². The van der Waals surface area contributed by atoms with Crippen LogP contribution in [0.2, 0.25) is 0 Å². The van der Waals surface area contributed by atoms with Crippen LogP contribution in [0.4, 0.5) is 5.82 Å². The highest BCUT2D eigenvalue weighted by Crippen LogP contribution is 2.27. The van der Waals surface area contributed by atoms with Gasteiger partial charge in [0.05, 0.1) is 17.9 Å². The summed E-state index contributed by atoms with van der Waals surface area (Å²) >= 11 is 1.35. The lowest BCUT2D eigenvalue weighted by atomic mass is 10.2. The van der Waals surface area contributed by atoms with Crippen LogP contribution in [-0.4, -0.2) is 34.8 Å². The van der Waals surface area contributed by atoms with E-state index in [4.69, 9.17) is 4.74 Å². The Morgan fingerprint density at radius 1 is 1.14 bits per heavy atom. The van der Waals surface area contributed by atoms with Crippen LogP contribution in [0.25, 0.3) is 10.9 Å². The fourth-order valence-corrected chi connectivity index (χ4v) is 3.60. The van der Waals surface area contributed by atoms with Crippen molar-refractivity contribution < 1.29 is 9.53 Å². The number of hydrogen-bond donors (Lipinski definition) is 2. The van der Waals surface area contributed by atoms with Gasteiger partial charge in [-0.25, -0.2) is 9.97 Å². The van der Waals surface area contributed by atoms with Gasteiger partial charge < -0.3 is 15.4 Å². The first-order valence-corrected chi connectivity index (χ1v) is 10.1. The number of nitrogens with one attached hydrogen (secondary N) is 2. The molecule has 1 atom stereocenters. The molecule has 0 saturated carbocycles. The smallest absolute Gasteiger partial charge is 0.233 e. The van der Waals surface area contributed by atoms with Crippen molar-refractivity contribution in [1.82, 2.24) is 15.3 Å². The first-order valence-electron chi connectivity index (χ1n) is 9.19. The van der Waals surface area contributed by atoms with Gasteiger partial charge in [-0.2, -0.15) is 0 Å². The third kappa shape index (κ3) is 4.72. The fourth-order valence-electron chi connectivity index (χ4n) is 2.80. The average Bonchev–Trinajstić information content (AvgIpc) is 2.72. The van der Waals surface area contributed by atoms with Crippen LogP contribution in [0.3, 0.4) is 0 Å². The minimum Gasteiger partial charge on any atom is -0.496 e. The molecule has 1 amide bonds. The lowest BCUT2D eigenvalue weighted by Crippen LogP contribution is -2.30. The number of rotatable bonds is 8. The Morgan fingerprint density at radius 3 is 2.68 bits per heavy atom. The van der Waals surface area contributed by atoms with Crippen LogP contribution in [0.15, 0.2) is 53.7 Å². The molecule has 0 radical (unpaired) electrons. The molecule has 2 N–H and O–H groups in total. The van der Waals surface area contributed by atoms with Crippen molar-refractivity contribution in [2.75, 3.05) is 19.0 Å². The Balaban J connectivity index is 1.69. The molecule has 3 aromatic rings. The molecule has 0 bridgehead atoms. The summed E-state index contributed by atoms with van der Waals surface area (Å²) in [6, 6.07) is 15.5. The number of methoxy groups -OCH3 is 1. The highest BCUT2D eigenvalue weighted by molar-refractivity contribution is 8.00. The molecule has 146 valence electrons.